The van der Waals surface area contributed by atoms with E-state index in [1.807, 2.05) is 0 Å². The Labute approximate surface area is 85.2 Å². The molecule has 0 aliphatic carbocycles. The van der Waals surface area contributed by atoms with Gasteiger partial charge in [0.2, 0.25) is 0 Å². The molecule has 0 amide bonds. The Bertz CT molecular complexity index is 147. The zero-order chi connectivity index (χ0) is 10.8. The number of methoxy groups -OCH3 is 1. The summed E-state index contributed by atoms with van der Waals surface area (Å²) in [5.41, 5.74) is 0. The van der Waals surface area contributed by atoms with Crippen LogP contribution in [0.25, 0.3) is 0 Å². The van der Waals surface area contributed by atoms with Crippen LogP contribution in [0.2, 0.25) is 0 Å². The van der Waals surface area contributed by atoms with Crippen molar-refractivity contribution in [2.45, 2.75) is 38.2 Å². The second-order valence-electron chi connectivity index (χ2n) is 3.17. The highest BCUT2D eigenvalue weighted by atomic mass is 16.5. The maximum atomic E-state index is 10.7. The van der Waals surface area contributed by atoms with E-state index in [9.17, 15) is 9.90 Å². The van der Waals surface area contributed by atoms with Crippen molar-refractivity contribution in [3.05, 3.63) is 7.11 Å². The summed E-state index contributed by atoms with van der Waals surface area (Å²) in [6.45, 7) is 0.470. The molecule has 14 heavy (non-hydrogen) atoms. The van der Waals surface area contributed by atoms with E-state index in [4.69, 9.17) is 0 Å². The Kier molecular flexibility index (Phi) is 8.57. The van der Waals surface area contributed by atoms with Gasteiger partial charge in [-0.25, -0.2) is 0 Å². The number of carbonyl (C=O) groups excluding carboxylic acids is 1. The highest BCUT2D eigenvalue weighted by Crippen LogP contribution is 2.07. The molecular weight excluding hydrogens is 184 g/mol. The van der Waals surface area contributed by atoms with Gasteiger partial charge < -0.3 is 14.6 Å². The van der Waals surface area contributed by atoms with Crippen LogP contribution in [0.15, 0.2) is 0 Å². The number of rotatable bonds is 8. The Morgan fingerprint density at radius 3 is 2.71 bits per heavy atom. The second kappa shape index (κ2) is 8.97. The van der Waals surface area contributed by atoms with E-state index in [-0.39, 0.29) is 12.1 Å². The van der Waals surface area contributed by atoms with Gasteiger partial charge in [0, 0.05) is 13.0 Å². The first-order valence-corrected chi connectivity index (χ1v) is 4.82. The van der Waals surface area contributed by atoms with Gasteiger partial charge in [-0.1, -0.05) is 6.42 Å². The van der Waals surface area contributed by atoms with Crippen molar-refractivity contribution >= 4 is 5.97 Å². The summed E-state index contributed by atoms with van der Waals surface area (Å²) in [5, 5.41) is 9.38. The molecule has 0 aromatic rings. The molecule has 4 nitrogen and oxygen atoms in total. The minimum Gasteiger partial charge on any atom is -0.469 e. The molecule has 83 valence electrons. The molecule has 0 aromatic heterocycles. The highest BCUT2D eigenvalue weighted by molar-refractivity contribution is 5.68. The van der Waals surface area contributed by atoms with Gasteiger partial charge in [0.25, 0.3) is 0 Å². The van der Waals surface area contributed by atoms with E-state index in [1.54, 1.807) is 0 Å². The van der Waals surface area contributed by atoms with Crippen molar-refractivity contribution < 1.29 is 19.4 Å². The van der Waals surface area contributed by atoms with E-state index < -0.39 is 0 Å². The summed E-state index contributed by atoms with van der Waals surface area (Å²) < 4.78 is 9.08. The van der Waals surface area contributed by atoms with E-state index in [0.717, 1.165) is 12.8 Å². The third kappa shape index (κ3) is 8.01. The van der Waals surface area contributed by atoms with Gasteiger partial charge in [0.05, 0.1) is 20.3 Å². The number of esters is 1. The van der Waals surface area contributed by atoms with Gasteiger partial charge in [0.15, 0.2) is 0 Å². The summed E-state index contributed by atoms with van der Waals surface area (Å²) in [6.07, 6.45) is 2.95. The molecule has 0 unspecified atom stereocenters. The quantitative estimate of drug-likeness (QED) is 0.477. The predicted molar refractivity (Wildman–Crippen MR) is 52.4 cm³/mol. The van der Waals surface area contributed by atoms with Crippen LogP contribution in [0.4, 0.5) is 0 Å². The Morgan fingerprint density at radius 1 is 1.43 bits per heavy atom. The molecular formula is C10H19O4. The van der Waals surface area contributed by atoms with Gasteiger partial charge in [0.1, 0.15) is 0 Å². The van der Waals surface area contributed by atoms with Crippen LogP contribution in [-0.4, -0.2) is 30.9 Å². The van der Waals surface area contributed by atoms with Crippen LogP contribution in [0, 0.1) is 7.11 Å². The van der Waals surface area contributed by atoms with E-state index >= 15 is 0 Å². The van der Waals surface area contributed by atoms with Crippen molar-refractivity contribution in [2.75, 3.05) is 13.7 Å². The van der Waals surface area contributed by atoms with E-state index in [1.165, 1.54) is 7.11 Å². The van der Waals surface area contributed by atoms with Crippen molar-refractivity contribution in [2.24, 2.45) is 0 Å². The average molecular weight is 203 g/mol. The van der Waals surface area contributed by atoms with E-state index in [2.05, 4.69) is 16.6 Å². The number of unbranched alkanes of at least 4 members (excludes halogenated alkanes) is 1. The molecule has 1 atom stereocenters. The molecule has 0 fully saturated rings. The van der Waals surface area contributed by atoms with Gasteiger partial charge >= 0.3 is 5.97 Å². The highest BCUT2D eigenvalue weighted by Gasteiger charge is 2.04. The smallest absolute Gasteiger partial charge is 0.305 e. The zero-order valence-electron chi connectivity index (χ0n) is 8.70. The SMILES string of the molecule is [CH2]OCC[C@@H](O)CCCCC(=O)OC. The van der Waals surface area contributed by atoms with Crippen molar-refractivity contribution in [1.82, 2.24) is 0 Å². The third-order valence-corrected chi connectivity index (χ3v) is 1.99. The van der Waals surface area contributed by atoms with Gasteiger partial charge in [-0.3, -0.25) is 4.79 Å². The summed E-state index contributed by atoms with van der Waals surface area (Å²) >= 11 is 0. The van der Waals surface area contributed by atoms with Crippen molar-refractivity contribution in [3.8, 4) is 0 Å². The zero-order valence-corrected chi connectivity index (χ0v) is 8.70. The van der Waals surface area contributed by atoms with Gasteiger partial charge in [-0.2, -0.15) is 0 Å². The molecule has 0 aromatic carbocycles. The summed E-state index contributed by atoms with van der Waals surface area (Å²) in [6, 6.07) is 0. The number of hydrogen-bond donors (Lipinski definition) is 1. The molecule has 0 saturated heterocycles. The molecule has 1 radical (unpaired) electrons. The number of hydrogen-bond acceptors (Lipinski definition) is 4. The maximum Gasteiger partial charge on any atom is 0.305 e. The summed E-state index contributed by atoms with van der Waals surface area (Å²) in [4.78, 5) is 10.7. The Hall–Kier alpha value is -0.610. The largest absolute Gasteiger partial charge is 0.469 e. The maximum absolute atomic E-state index is 10.7. The number of aliphatic hydroxyl groups is 1. The minimum atomic E-state index is -0.352. The molecule has 0 heterocycles. The van der Waals surface area contributed by atoms with Crippen LogP contribution in [0.1, 0.15) is 32.1 Å². The fourth-order valence-corrected chi connectivity index (χ4v) is 1.12. The first-order valence-electron chi connectivity index (χ1n) is 4.82. The number of aliphatic hydroxyl groups excluding tert-OH is 1. The second-order valence-corrected chi connectivity index (χ2v) is 3.17. The minimum absolute atomic E-state index is 0.194. The lowest BCUT2D eigenvalue weighted by Crippen LogP contribution is -2.09. The molecule has 0 rings (SSSR count). The van der Waals surface area contributed by atoms with Gasteiger partial charge in [-0.15, -0.1) is 0 Å². The Balaban J connectivity index is 3.22. The molecule has 0 bridgehead atoms. The van der Waals surface area contributed by atoms with Crippen LogP contribution in [0.5, 0.6) is 0 Å². The van der Waals surface area contributed by atoms with Crippen LogP contribution < -0.4 is 0 Å². The number of ether oxygens (including phenoxy) is 2. The molecule has 0 aliphatic heterocycles. The molecule has 0 spiro atoms. The lowest BCUT2D eigenvalue weighted by atomic mass is 10.1. The standard InChI is InChI=1S/C10H19O4/c1-13-8-7-9(11)5-3-4-6-10(12)14-2/h9,11H,1,3-8H2,2H3/t9-/m0/s1. The average Bonchev–Trinajstić information content (AvgIpc) is 2.21. The molecule has 4 heteroatoms. The molecule has 0 aliphatic rings. The number of carbonyl (C=O) groups is 1. The van der Waals surface area contributed by atoms with Crippen molar-refractivity contribution in [3.63, 3.8) is 0 Å². The monoisotopic (exact) mass is 203 g/mol. The lowest BCUT2D eigenvalue weighted by molar-refractivity contribution is -0.140. The van der Waals surface area contributed by atoms with Crippen molar-refractivity contribution in [1.29, 1.82) is 0 Å². The van der Waals surface area contributed by atoms with Crippen LogP contribution >= 0.6 is 0 Å². The molecule has 1 N–H and O–H groups in total. The van der Waals surface area contributed by atoms with Gasteiger partial charge in [-0.05, 0) is 19.3 Å². The topological polar surface area (TPSA) is 55.8 Å². The predicted octanol–water partition coefficient (Wildman–Crippen LogP) is 1.28. The lowest BCUT2D eigenvalue weighted by Gasteiger charge is -2.08. The normalized spacial score (nSPS) is 12.5. The van der Waals surface area contributed by atoms with E-state index in [0.29, 0.717) is 25.9 Å². The fourth-order valence-electron chi connectivity index (χ4n) is 1.12. The summed E-state index contributed by atoms with van der Waals surface area (Å²) in [7, 11) is 4.59. The third-order valence-electron chi connectivity index (χ3n) is 1.99. The molecule has 0 saturated carbocycles. The fraction of sp³-hybridized carbons (Fsp3) is 0.800. The van der Waals surface area contributed by atoms with Crippen LogP contribution in [0.3, 0.4) is 0 Å². The first-order chi connectivity index (χ1) is 6.70. The Morgan fingerprint density at radius 2 is 2.14 bits per heavy atom. The summed E-state index contributed by atoms with van der Waals surface area (Å²) in [5.74, 6) is -0.194. The first kappa shape index (κ1) is 13.4. The van der Waals surface area contributed by atoms with Crippen LogP contribution in [-0.2, 0) is 14.3 Å².